The van der Waals surface area contributed by atoms with Crippen LogP contribution in [-0.2, 0) is 4.79 Å². The van der Waals surface area contributed by atoms with Gasteiger partial charge in [0, 0.05) is 22.1 Å². The van der Waals surface area contributed by atoms with Crippen molar-refractivity contribution in [1.82, 2.24) is 0 Å². The maximum absolute atomic E-state index is 11.7. The molecule has 2 rings (SSSR count). The van der Waals surface area contributed by atoms with Gasteiger partial charge in [-0.2, -0.15) is 0 Å². The van der Waals surface area contributed by atoms with Gasteiger partial charge in [0.15, 0.2) is 0 Å². The molecule has 0 saturated heterocycles. The predicted molar refractivity (Wildman–Crippen MR) is 68.2 cm³/mol. The van der Waals surface area contributed by atoms with Gasteiger partial charge in [-0.3, -0.25) is 4.79 Å². The Hall–Kier alpha value is -0.870. The van der Waals surface area contributed by atoms with Crippen LogP contribution in [0.25, 0.3) is 0 Å². The number of hydrogen-bond donors (Lipinski definition) is 2. The number of amides is 1. The minimum Gasteiger partial charge on any atom is -0.326 e. The van der Waals surface area contributed by atoms with E-state index in [1.54, 1.807) is 0 Å². The van der Waals surface area contributed by atoms with Crippen molar-refractivity contribution in [2.45, 2.75) is 31.2 Å². The molecule has 3 nitrogen and oxygen atoms in total. The van der Waals surface area contributed by atoms with Gasteiger partial charge in [0.2, 0.25) is 5.91 Å². The summed E-state index contributed by atoms with van der Waals surface area (Å²) >= 11 is 3.35. The summed E-state index contributed by atoms with van der Waals surface area (Å²) < 4.78 is 1.000. The van der Waals surface area contributed by atoms with E-state index < -0.39 is 0 Å². The number of halogens is 1. The molecule has 16 heavy (non-hydrogen) atoms. The molecule has 0 spiro atoms. The van der Waals surface area contributed by atoms with E-state index in [-0.39, 0.29) is 11.4 Å². The lowest BCUT2D eigenvalue weighted by Gasteiger charge is -2.37. The summed E-state index contributed by atoms with van der Waals surface area (Å²) in [6, 6.07) is 7.53. The molecule has 1 aliphatic carbocycles. The van der Waals surface area contributed by atoms with E-state index in [4.69, 9.17) is 5.73 Å². The zero-order valence-electron chi connectivity index (χ0n) is 9.00. The highest BCUT2D eigenvalue weighted by molar-refractivity contribution is 9.10. The first-order chi connectivity index (χ1) is 7.57. The Kier molecular flexibility index (Phi) is 3.30. The van der Waals surface area contributed by atoms with Crippen molar-refractivity contribution in [2.24, 2.45) is 5.73 Å². The highest BCUT2D eigenvalue weighted by Crippen LogP contribution is 2.32. The first kappa shape index (κ1) is 11.6. The number of nitrogens with two attached hydrogens (primary N) is 1. The van der Waals surface area contributed by atoms with Gasteiger partial charge < -0.3 is 11.1 Å². The number of rotatable bonds is 3. The number of carbonyl (C=O) groups is 1. The smallest absolute Gasteiger partial charge is 0.226 e. The molecule has 0 radical (unpaired) electrons. The fourth-order valence-corrected chi connectivity index (χ4v) is 2.13. The third-order valence-corrected chi connectivity index (χ3v) is 3.52. The second-order valence-corrected chi connectivity index (χ2v) is 5.36. The van der Waals surface area contributed by atoms with Crippen LogP contribution < -0.4 is 11.1 Å². The van der Waals surface area contributed by atoms with E-state index in [0.717, 1.165) is 29.4 Å². The van der Waals surface area contributed by atoms with E-state index in [9.17, 15) is 4.79 Å². The van der Waals surface area contributed by atoms with Crippen LogP contribution in [0.3, 0.4) is 0 Å². The van der Waals surface area contributed by atoms with Crippen molar-refractivity contribution < 1.29 is 4.79 Å². The summed E-state index contributed by atoms with van der Waals surface area (Å²) in [7, 11) is 0. The van der Waals surface area contributed by atoms with Crippen molar-refractivity contribution in [3.8, 4) is 0 Å². The summed E-state index contributed by atoms with van der Waals surface area (Å²) in [4.78, 5) is 11.7. The average Bonchev–Trinajstić information content (AvgIpc) is 2.19. The van der Waals surface area contributed by atoms with E-state index in [2.05, 4.69) is 21.2 Å². The summed E-state index contributed by atoms with van der Waals surface area (Å²) in [5.74, 6) is 0.00419. The fourth-order valence-electron chi connectivity index (χ4n) is 1.87. The van der Waals surface area contributed by atoms with Gasteiger partial charge in [0.05, 0.1) is 0 Å². The van der Waals surface area contributed by atoms with Gasteiger partial charge in [-0.05, 0) is 43.5 Å². The molecule has 1 amide bonds. The summed E-state index contributed by atoms with van der Waals surface area (Å²) in [5, 5.41) is 2.85. The highest BCUT2D eigenvalue weighted by atomic mass is 79.9. The Bertz CT molecular complexity index is 385. The Labute approximate surface area is 104 Å². The third kappa shape index (κ3) is 2.83. The lowest BCUT2D eigenvalue weighted by atomic mass is 9.75. The Balaban J connectivity index is 1.89. The van der Waals surface area contributed by atoms with Crippen molar-refractivity contribution in [3.63, 3.8) is 0 Å². The van der Waals surface area contributed by atoms with Crippen LogP contribution in [0.4, 0.5) is 5.69 Å². The second-order valence-electron chi connectivity index (χ2n) is 4.45. The van der Waals surface area contributed by atoms with Crippen LogP contribution in [0.15, 0.2) is 28.7 Å². The van der Waals surface area contributed by atoms with E-state index in [1.165, 1.54) is 0 Å². The van der Waals surface area contributed by atoms with Gasteiger partial charge in [-0.1, -0.05) is 15.9 Å². The summed E-state index contributed by atoms with van der Waals surface area (Å²) in [5.41, 5.74) is 6.58. The quantitative estimate of drug-likeness (QED) is 0.896. The minimum absolute atomic E-state index is 0.00419. The van der Waals surface area contributed by atoms with Crippen LogP contribution in [0.1, 0.15) is 25.7 Å². The largest absolute Gasteiger partial charge is 0.326 e. The van der Waals surface area contributed by atoms with E-state index in [0.29, 0.717) is 6.42 Å². The lowest BCUT2D eigenvalue weighted by molar-refractivity contribution is -0.118. The normalized spacial score (nSPS) is 17.6. The molecule has 0 bridgehead atoms. The molecule has 3 N–H and O–H groups in total. The number of benzene rings is 1. The topological polar surface area (TPSA) is 55.1 Å². The second kappa shape index (κ2) is 4.55. The Morgan fingerprint density at radius 2 is 2.00 bits per heavy atom. The van der Waals surface area contributed by atoms with Crippen LogP contribution in [-0.4, -0.2) is 11.4 Å². The van der Waals surface area contributed by atoms with E-state index in [1.807, 2.05) is 24.3 Å². The van der Waals surface area contributed by atoms with Gasteiger partial charge in [0.25, 0.3) is 0 Å². The molecular weight excluding hydrogens is 268 g/mol. The highest BCUT2D eigenvalue weighted by Gasteiger charge is 2.34. The molecule has 0 heterocycles. The molecule has 1 aromatic carbocycles. The molecule has 4 heteroatoms. The van der Waals surface area contributed by atoms with Crippen molar-refractivity contribution in [1.29, 1.82) is 0 Å². The minimum atomic E-state index is -0.251. The monoisotopic (exact) mass is 282 g/mol. The summed E-state index contributed by atoms with van der Waals surface area (Å²) in [6.45, 7) is 0. The molecule has 0 aliphatic heterocycles. The van der Waals surface area contributed by atoms with Crippen molar-refractivity contribution >= 4 is 27.5 Å². The molecule has 1 aromatic rings. The number of hydrogen-bond acceptors (Lipinski definition) is 2. The van der Waals surface area contributed by atoms with Crippen molar-refractivity contribution in [3.05, 3.63) is 28.7 Å². The zero-order chi connectivity index (χ0) is 11.6. The number of carbonyl (C=O) groups excluding carboxylic acids is 1. The third-order valence-electron chi connectivity index (χ3n) is 2.99. The van der Waals surface area contributed by atoms with Gasteiger partial charge >= 0.3 is 0 Å². The van der Waals surface area contributed by atoms with Crippen LogP contribution in [0, 0.1) is 0 Å². The standard InChI is InChI=1S/C12H15BrN2O/c13-9-2-4-10(5-3-9)15-11(16)8-12(14)6-1-7-12/h2-5H,1,6-8,14H2,(H,15,16). The molecule has 1 aliphatic rings. The first-order valence-corrected chi connectivity index (χ1v) is 6.21. The number of nitrogens with one attached hydrogen (secondary N) is 1. The molecule has 1 fully saturated rings. The SMILES string of the molecule is NC1(CC(=O)Nc2ccc(Br)cc2)CCC1. The van der Waals surface area contributed by atoms with Gasteiger partial charge in [-0.25, -0.2) is 0 Å². The molecule has 0 aromatic heterocycles. The van der Waals surface area contributed by atoms with Gasteiger partial charge in [0.1, 0.15) is 0 Å². The van der Waals surface area contributed by atoms with Crippen LogP contribution >= 0.6 is 15.9 Å². The number of anilines is 1. The van der Waals surface area contributed by atoms with Crippen LogP contribution in [0.2, 0.25) is 0 Å². The maximum atomic E-state index is 11.7. The van der Waals surface area contributed by atoms with Crippen molar-refractivity contribution in [2.75, 3.05) is 5.32 Å². The van der Waals surface area contributed by atoms with Gasteiger partial charge in [-0.15, -0.1) is 0 Å². The fraction of sp³-hybridized carbons (Fsp3) is 0.417. The Morgan fingerprint density at radius 3 is 2.50 bits per heavy atom. The molecular formula is C12H15BrN2O. The molecule has 1 saturated carbocycles. The predicted octanol–water partition coefficient (Wildman–Crippen LogP) is 2.66. The average molecular weight is 283 g/mol. The molecule has 0 unspecified atom stereocenters. The summed E-state index contributed by atoms with van der Waals surface area (Å²) in [6.07, 6.45) is 3.48. The lowest BCUT2D eigenvalue weighted by Crippen LogP contribution is -2.48. The molecule has 0 atom stereocenters. The Morgan fingerprint density at radius 1 is 1.38 bits per heavy atom. The maximum Gasteiger partial charge on any atom is 0.226 e. The zero-order valence-corrected chi connectivity index (χ0v) is 10.6. The van der Waals surface area contributed by atoms with E-state index >= 15 is 0 Å². The first-order valence-electron chi connectivity index (χ1n) is 5.42. The molecule has 86 valence electrons. The van der Waals surface area contributed by atoms with Crippen LogP contribution in [0.5, 0.6) is 0 Å².